The monoisotopic (exact) mass is 488 g/mol. The van der Waals surface area contributed by atoms with E-state index in [1.54, 1.807) is 36.1 Å². The van der Waals surface area contributed by atoms with E-state index in [-0.39, 0.29) is 11.7 Å². The van der Waals surface area contributed by atoms with Gasteiger partial charge >= 0.3 is 0 Å². The third kappa shape index (κ3) is 4.36. The van der Waals surface area contributed by atoms with Gasteiger partial charge < -0.3 is 14.5 Å². The highest BCUT2D eigenvalue weighted by Crippen LogP contribution is 2.30. The minimum atomic E-state index is -0.297. The van der Waals surface area contributed by atoms with Crippen LogP contribution >= 0.6 is 0 Å². The molecule has 1 fully saturated rings. The van der Waals surface area contributed by atoms with Crippen molar-refractivity contribution in [2.75, 3.05) is 38.2 Å². The van der Waals surface area contributed by atoms with Crippen LogP contribution in [0.3, 0.4) is 0 Å². The Hall–Kier alpha value is -4.01. The molecule has 0 aliphatic carbocycles. The molecule has 5 rings (SSSR count). The van der Waals surface area contributed by atoms with E-state index in [2.05, 4.69) is 11.8 Å². The highest BCUT2D eigenvalue weighted by molar-refractivity contribution is 5.97. The molecule has 1 aliphatic rings. The molecule has 1 aliphatic heterocycles. The fraction of sp³-hybridized carbons (Fsp3) is 0.333. The first-order valence-corrected chi connectivity index (χ1v) is 12.2. The minimum absolute atomic E-state index is 0.0353. The lowest BCUT2D eigenvalue weighted by molar-refractivity contribution is 0.0743. The Bertz CT molecular complexity index is 1390. The summed E-state index contributed by atoms with van der Waals surface area (Å²) in [7, 11) is 1.58. The summed E-state index contributed by atoms with van der Waals surface area (Å²) in [4.78, 5) is 27.0. The van der Waals surface area contributed by atoms with Gasteiger partial charge in [-0.1, -0.05) is 19.1 Å². The maximum Gasteiger partial charge on any atom is 0.257 e. The van der Waals surface area contributed by atoms with E-state index in [9.17, 15) is 9.18 Å². The van der Waals surface area contributed by atoms with Crippen molar-refractivity contribution in [3.8, 4) is 11.4 Å². The highest BCUT2D eigenvalue weighted by atomic mass is 19.1. The van der Waals surface area contributed by atoms with Crippen LogP contribution in [0.15, 0.2) is 48.5 Å². The van der Waals surface area contributed by atoms with Gasteiger partial charge in [-0.05, 0) is 49.7 Å². The number of piperazine rings is 1. The Kier molecular flexibility index (Phi) is 6.54. The van der Waals surface area contributed by atoms with E-state index in [1.807, 2.05) is 24.0 Å². The standard InChI is InChI=1S/C27H29FN6O2/c1-4-7-23-29-25(24-18(2)31-34(26(24)30-23)20-12-10-19(28)11-13-20)32-14-16-33(17-15-32)27(35)21-8-5-6-9-22(21)36-3/h5-6,8-13H,4,7,14-17H2,1-3H3. The van der Waals surface area contributed by atoms with Gasteiger partial charge in [0.15, 0.2) is 5.65 Å². The van der Waals surface area contributed by atoms with Gasteiger partial charge in [0, 0.05) is 32.6 Å². The molecule has 4 aromatic rings. The van der Waals surface area contributed by atoms with Crippen molar-refractivity contribution in [1.82, 2.24) is 24.6 Å². The molecular weight excluding hydrogens is 459 g/mol. The number of methoxy groups -OCH3 is 1. The number of hydrogen-bond acceptors (Lipinski definition) is 6. The van der Waals surface area contributed by atoms with Crippen LogP contribution < -0.4 is 9.64 Å². The number of anilines is 1. The summed E-state index contributed by atoms with van der Waals surface area (Å²) < 4.78 is 20.7. The summed E-state index contributed by atoms with van der Waals surface area (Å²) in [5.74, 6) is 1.83. The molecule has 186 valence electrons. The predicted octanol–water partition coefficient (Wildman–Crippen LogP) is 4.19. The molecule has 2 aromatic heterocycles. The van der Waals surface area contributed by atoms with E-state index < -0.39 is 0 Å². The van der Waals surface area contributed by atoms with Gasteiger partial charge in [0.05, 0.1) is 29.4 Å². The van der Waals surface area contributed by atoms with Gasteiger partial charge in [-0.25, -0.2) is 19.0 Å². The molecule has 0 unspecified atom stereocenters. The second-order valence-electron chi connectivity index (χ2n) is 8.87. The molecule has 9 heteroatoms. The number of nitrogens with zero attached hydrogens (tertiary/aromatic N) is 6. The fourth-order valence-corrected chi connectivity index (χ4v) is 4.65. The van der Waals surface area contributed by atoms with E-state index in [0.29, 0.717) is 43.1 Å². The second kappa shape index (κ2) is 9.93. The highest BCUT2D eigenvalue weighted by Gasteiger charge is 2.27. The lowest BCUT2D eigenvalue weighted by Crippen LogP contribution is -2.49. The summed E-state index contributed by atoms with van der Waals surface area (Å²) in [6.45, 7) is 6.45. The SMILES string of the molecule is CCCc1nc(N2CCN(C(=O)c3ccccc3OC)CC2)c2c(C)nn(-c3ccc(F)cc3)c2n1. The molecule has 36 heavy (non-hydrogen) atoms. The van der Waals surface area contributed by atoms with Crippen LogP contribution in [-0.2, 0) is 6.42 Å². The van der Waals surface area contributed by atoms with Gasteiger partial charge in [0.25, 0.3) is 5.91 Å². The normalized spacial score (nSPS) is 13.9. The van der Waals surface area contributed by atoms with Crippen LogP contribution in [0.25, 0.3) is 16.7 Å². The predicted molar refractivity (Wildman–Crippen MR) is 136 cm³/mol. The number of aromatic nitrogens is 4. The van der Waals surface area contributed by atoms with E-state index >= 15 is 0 Å². The van der Waals surface area contributed by atoms with Crippen LogP contribution in [0.4, 0.5) is 10.2 Å². The van der Waals surface area contributed by atoms with Crippen LogP contribution in [0.5, 0.6) is 5.75 Å². The Morgan fingerprint density at radius 1 is 1.03 bits per heavy atom. The Morgan fingerprint density at radius 3 is 2.44 bits per heavy atom. The molecule has 0 saturated carbocycles. The average Bonchev–Trinajstić information content (AvgIpc) is 3.24. The summed E-state index contributed by atoms with van der Waals surface area (Å²) in [5, 5.41) is 5.61. The molecule has 2 aromatic carbocycles. The molecule has 1 saturated heterocycles. The number of carbonyl (C=O) groups excluding carboxylic acids is 1. The first-order chi connectivity index (χ1) is 17.5. The summed E-state index contributed by atoms with van der Waals surface area (Å²) in [5.41, 5.74) is 2.83. The van der Waals surface area contributed by atoms with Gasteiger partial charge in [0.2, 0.25) is 0 Å². The second-order valence-corrected chi connectivity index (χ2v) is 8.87. The molecule has 0 bridgehead atoms. The van der Waals surface area contributed by atoms with Gasteiger partial charge in [-0.3, -0.25) is 4.79 Å². The number of carbonyl (C=O) groups is 1. The smallest absolute Gasteiger partial charge is 0.257 e. The van der Waals surface area contributed by atoms with Crippen molar-refractivity contribution in [2.45, 2.75) is 26.7 Å². The third-order valence-electron chi connectivity index (χ3n) is 6.48. The number of benzene rings is 2. The van der Waals surface area contributed by atoms with Crippen molar-refractivity contribution in [1.29, 1.82) is 0 Å². The lowest BCUT2D eigenvalue weighted by Gasteiger charge is -2.36. The Labute approximate surface area is 209 Å². The Balaban J connectivity index is 1.47. The molecule has 3 heterocycles. The number of amides is 1. The van der Waals surface area contributed by atoms with Crippen LogP contribution in [0.1, 0.15) is 35.2 Å². The fourth-order valence-electron chi connectivity index (χ4n) is 4.65. The molecule has 0 spiro atoms. The maximum absolute atomic E-state index is 13.5. The van der Waals surface area contributed by atoms with Crippen LogP contribution in [-0.4, -0.2) is 63.8 Å². The average molecular weight is 489 g/mol. The number of rotatable bonds is 6. The molecule has 0 N–H and O–H groups in total. The van der Waals surface area contributed by atoms with Gasteiger partial charge in [0.1, 0.15) is 23.2 Å². The largest absolute Gasteiger partial charge is 0.496 e. The maximum atomic E-state index is 13.5. The zero-order valence-corrected chi connectivity index (χ0v) is 20.7. The zero-order chi connectivity index (χ0) is 25.2. The number of hydrogen-bond donors (Lipinski definition) is 0. The summed E-state index contributed by atoms with van der Waals surface area (Å²) in [6, 6.07) is 13.5. The molecule has 0 radical (unpaired) electrons. The summed E-state index contributed by atoms with van der Waals surface area (Å²) >= 11 is 0. The topological polar surface area (TPSA) is 76.4 Å². The van der Waals surface area contributed by atoms with E-state index in [4.69, 9.17) is 19.8 Å². The van der Waals surface area contributed by atoms with Crippen molar-refractivity contribution in [3.05, 3.63) is 71.4 Å². The number of ether oxygens (including phenoxy) is 1. The van der Waals surface area contributed by atoms with Gasteiger partial charge in [-0.2, -0.15) is 5.10 Å². The first kappa shape index (κ1) is 23.7. The molecular formula is C27H29FN6O2. The number of fused-ring (bicyclic) bond motifs is 1. The van der Waals surface area contributed by atoms with Crippen molar-refractivity contribution in [2.24, 2.45) is 0 Å². The van der Waals surface area contributed by atoms with Crippen LogP contribution in [0.2, 0.25) is 0 Å². The molecule has 0 atom stereocenters. The van der Waals surface area contributed by atoms with Crippen molar-refractivity contribution >= 4 is 22.8 Å². The first-order valence-electron chi connectivity index (χ1n) is 12.2. The number of halogens is 1. The van der Waals surface area contributed by atoms with Crippen molar-refractivity contribution in [3.63, 3.8) is 0 Å². The quantitative estimate of drug-likeness (QED) is 0.405. The molecule has 1 amide bonds. The summed E-state index contributed by atoms with van der Waals surface area (Å²) in [6.07, 6.45) is 1.65. The number of aryl methyl sites for hydroxylation is 2. The van der Waals surface area contributed by atoms with Crippen LogP contribution in [0, 0.1) is 12.7 Å². The van der Waals surface area contributed by atoms with E-state index in [1.165, 1.54) is 12.1 Å². The number of para-hydroxylation sites is 1. The zero-order valence-electron chi connectivity index (χ0n) is 20.7. The van der Waals surface area contributed by atoms with Crippen molar-refractivity contribution < 1.29 is 13.9 Å². The van der Waals surface area contributed by atoms with E-state index in [0.717, 1.165) is 41.3 Å². The Morgan fingerprint density at radius 2 is 1.75 bits per heavy atom. The lowest BCUT2D eigenvalue weighted by atomic mass is 10.1. The molecule has 8 nitrogen and oxygen atoms in total. The third-order valence-corrected chi connectivity index (χ3v) is 6.48. The minimum Gasteiger partial charge on any atom is -0.496 e. The van der Waals surface area contributed by atoms with Gasteiger partial charge in [-0.15, -0.1) is 0 Å².